The van der Waals surface area contributed by atoms with Crippen LogP contribution in [0.25, 0.3) is 11.2 Å². The second-order valence-corrected chi connectivity index (χ2v) is 7.17. The molecule has 3 saturated heterocycles. The van der Waals surface area contributed by atoms with Gasteiger partial charge in [-0.25, -0.2) is 4.98 Å². The summed E-state index contributed by atoms with van der Waals surface area (Å²) < 4.78 is 2.82. The SMILES string of the molecule is Cc1nc2c(cc1Br)nc(O)n2CC1CN2CCC1CC2. The third kappa shape index (κ3) is 2.25. The first-order valence-electron chi connectivity index (χ1n) is 7.56. The summed E-state index contributed by atoms with van der Waals surface area (Å²) in [5.74, 6) is 1.38. The van der Waals surface area contributed by atoms with E-state index in [1.54, 1.807) is 0 Å². The van der Waals surface area contributed by atoms with Crippen LogP contribution in [0.1, 0.15) is 18.5 Å². The number of fused-ring (bicyclic) bond motifs is 4. The van der Waals surface area contributed by atoms with Gasteiger partial charge in [0.25, 0.3) is 6.01 Å². The summed E-state index contributed by atoms with van der Waals surface area (Å²) in [6.45, 7) is 6.40. The Hall–Kier alpha value is -1.14. The van der Waals surface area contributed by atoms with Crippen LogP contribution in [0.2, 0.25) is 0 Å². The molecule has 21 heavy (non-hydrogen) atoms. The Morgan fingerprint density at radius 3 is 2.76 bits per heavy atom. The van der Waals surface area contributed by atoms with E-state index >= 15 is 0 Å². The van der Waals surface area contributed by atoms with Crippen LogP contribution in [0.3, 0.4) is 0 Å². The minimum absolute atomic E-state index is 0.0893. The Kier molecular flexibility index (Phi) is 3.19. The average molecular weight is 351 g/mol. The van der Waals surface area contributed by atoms with Gasteiger partial charge in [-0.2, -0.15) is 4.98 Å². The molecular weight excluding hydrogens is 332 g/mol. The monoisotopic (exact) mass is 350 g/mol. The first-order chi connectivity index (χ1) is 10.1. The van der Waals surface area contributed by atoms with Gasteiger partial charge in [-0.3, -0.25) is 4.57 Å². The number of aromatic hydroxyl groups is 1. The lowest BCUT2D eigenvalue weighted by atomic mass is 9.79. The molecule has 5 heterocycles. The molecule has 2 bridgehead atoms. The van der Waals surface area contributed by atoms with Crippen LogP contribution in [0, 0.1) is 18.8 Å². The van der Waals surface area contributed by atoms with Crippen LogP contribution in [-0.2, 0) is 6.54 Å². The predicted octanol–water partition coefficient (Wildman–Crippen LogP) is 2.55. The molecule has 3 fully saturated rings. The van der Waals surface area contributed by atoms with Crippen molar-refractivity contribution in [2.75, 3.05) is 19.6 Å². The lowest BCUT2D eigenvalue weighted by molar-refractivity contribution is 0.0417. The Balaban J connectivity index is 1.70. The van der Waals surface area contributed by atoms with Gasteiger partial charge >= 0.3 is 0 Å². The van der Waals surface area contributed by atoms with E-state index < -0.39 is 0 Å². The van der Waals surface area contributed by atoms with Gasteiger partial charge in [-0.1, -0.05) is 0 Å². The molecule has 1 N–H and O–H groups in total. The van der Waals surface area contributed by atoms with Crippen LogP contribution in [0.4, 0.5) is 0 Å². The largest absolute Gasteiger partial charge is 0.480 e. The van der Waals surface area contributed by atoms with Crippen molar-refractivity contribution in [2.24, 2.45) is 11.8 Å². The van der Waals surface area contributed by atoms with Gasteiger partial charge in [-0.15, -0.1) is 0 Å². The normalized spacial score (nSPS) is 28.4. The standard InChI is InChI=1S/C15H19BrN4O/c1-9-12(16)6-13-14(17-9)20(15(21)18-13)8-11-7-19-4-2-10(11)3-5-19/h6,10-11H,2-5,7-8H2,1H3,(H,18,21). The zero-order valence-corrected chi connectivity index (χ0v) is 13.7. The van der Waals surface area contributed by atoms with Crippen molar-refractivity contribution in [1.29, 1.82) is 0 Å². The molecule has 0 aromatic carbocycles. The second-order valence-electron chi connectivity index (χ2n) is 6.32. The molecule has 1 atom stereocenters. The number of rotatable bonds is 2. The van der Waals surface area contributed by atoms with Gasteiger partial charge in [0, 0.05) is 17.6 Å². The number of hydrogen-bond donors (Lipinski definition) is 1. The molecule has 0 radical (unpaired) electrons. The Bertz CT molecular complexity index is 691. The van der Waals surface area contributed by atoms with E-state index in [0.29, 0.717) is 5.92 Å². The lowest BCUT2D eigenvalue weighted by Crippen LogP contribution is -2.48. The highest BCUT2D eigenvalue weighted by Gasteiger charge is 2.34. The summed E-state index contributed by atoms with van der Waals surface area (Å²) in [5.41, 5.74) is 2.48. The van der Waals surface area contributed by atoms with Crippen LogP contribution in [-0.4, -0.2) is 44.2 Å². The maximum absolute atomic E-state index is 10.2. The van der Waals surface area contributed by atoms with E-state index in [4.69, 9.17) is 0 Å². The van der Waals surface area contributed by atoms with Gasteiger partial charge in [0.05, 0.1) is 5.69 Å². The maximum Gasteiger partial charge on any atom is 0.296 e. The number of pyridine rings is 1. The quantitative estimate of drug-likeness (QED) is 0.904. The fourth-order valence-electron chi connectivity index (χ4n) is 3.80. The van der Waals surface area contributed by atoms with E-state index in [2.05, 4.69) is 30.8 Å². The minimum Gasteiger partial charge on any atom is -0.480 e. The molecule has 0 saturated carbocycles. The molecule has 3 aliphatic heterocycles. The van der Waals surface area contributed by atoms with Crippen LogP contribution in [0.15, 0.2) is 10.5 Å². The highest BCUT2D eigenvalue weighted by molar-refractivity contribution is 9.10. The maximum atomic E-state index is 10.2. The molecule has 0 aliphatic carbocycles. The third-order valence-corrected chi connectivity index (χ3v) is 5.84. The van der Waals surface area contributed by atoms with Crippen molar-refractivity contribution in [2.45, 2.75) is 26.3 Å². The Labute approximate surface area is 132 Å². The van der Waals surface area contributed by atoms with Gasteiger partial charge in [0.1, 0.15) is 5.52 Å². The predicted molar refractivity (Wildman–Crippen MR) is 84.3 cm³/mol. The van der Waals surface area contributed by atoms with E-state index in [1.165, 1.54) is 25.9 Å². The molecular formula is C15H19BrN4O. The van der Waals surface area contributed by atoms with Crippen molar-refractivity contribution < 1.29 is 5.11 Å². The van der Waals surface area contributed by atoms with Crippen LogP contribution in [0.5, 0.6) is 6.01 Å². The molecule has 3 aliphatic rings. The van der Waals surface area contributed by atoms with Gasteiger partial charge in [-0.05, 0) is 66.7 Å². The molecule has 112 valence electrons. The number of halogens is 1. The molecule has 0 amide bonds. The second kappa shape index (κ2) is 4.95. The summed E-state index contributed by atoms with van der Waals surface area (Å²) in [5, 5.41) is 10.2. The first-order valence-corrected chi connectivity index (χ1v) is 8.36. The Morgan fingerprint density at radius 2 is 2.10 bits per heavy atom. The molecule has 2 aromatic heterocycles. The minimum atomic E-state index is 0.0893. The third-order valence-electron chi connectivity index (χ3n) is 5.04. The number of nitrogens with zero attached hydrogens (tertiary/aromatic N) is 4. The summed E-state index contributed by atoms with van der Waals surface area (Å²) in [6, 6.07) is 2.02. The Morgan fingerprint density at radius 1 is 1.33 bits per heavy atom. The van der Waals surface area contributed by atoms with E-state index in [9.17, 15) is 5.11 Å². The van der Waals surface area contributed by atoms with Crippen LogP contribution < -0.4 is 0 Å². The number of aryl methyl sites for hydroxylation is 1. The van der Waals surface area contributed by atoms with E-state index in [-0.39, 0.29) is 6.01 Å². The number of imidazole rings is 1. The summed E-state index contributed by atoms with van der Waals surface area (Å²) in [7, 11) is 0. The molecule has 0 spiro atoms. The van der Waals surface area contributed by atoms with Crippen LogP contribution >= 0.6 is 15.9 Å². The smallest absolute Gasteiger partial charge is 0.296 e. The first kappa shape index (κ1) is 13.5. The molecule has 5 rings (SSSR count). The van der Waals surface area contributed by atoms with Gasteiger partial charge < -0.3 is 10.0 Å². The zero-order valence-electron chi connectivity index (χ0n) is 12.1. The zero-order chi connectivity index (χ0) is 14.6. The van der Waals surface area contributed by atoms with Crippen molar-refractivity contribution in [3.63, 3.8) is 0 Å². The van der Waals surface area contributed by atoms with Crippen molar-refractivity contribution >= 4 is 27.1 Å². The summed E-state index contributed by atoms with van der Waals surface area (Å²) in [6.07, 6.45) is 2.58. The highest BCUT2D eigenvalue weighted by atomic mass is 79.9. The molecule has 2 aromatic rings. The lowest BCUT2D eigenvalue weighted by Gasteiger charge is -2.44. The fraction of sp³-hybridized carbons (Fsp3) is 0.600. The fourth-order valence-corrected chi connectivity index (χ4v) is 4.10. The molecule has 1 unspecified atom stereocenters. The highest BCUT2D eigenvalue weighted by Crippen LogP contribution is 2.35. The van der Waals surface area contributed by atoms with Crippen molar-refractivity contribution in [1.82, 2.24) is 19.4 Å². The molecule has 6 heteroatoms. The van der Waals surface area contributed by atoms with Gasteiger partial charge in [0.15, 0.2) is 5.65 Å². The molecule has 5 nitrogen and oxygen atoms in total. The van der Waals surface area contributed by atoms with Gasteiger partial charge in [0.2, 0.25) is 0 Å². The topological polar surface area (TPSA) is 54.2 Å². The summed E-state index contributed by atoms with van der Waals surface area (Å²) >= 11 is 3.48. The number of piperidine rings is 3. The summed E-state index contributed by atoms with van der Waals surface area (Å²) in [4.78, 5) is 11.4. The average Bonchev–Trinajstić information content (AvgIpc) is 2.77. The van der Waals surface area contributed by atoms with E-state index in [1.807, 2.05) is 17.6 Å². The van der Waals surface area contributed by atoms with Crippen molar-refractivity contribution in [3.05, 3.63) is 16.2 Å². The van der Waals surface area contributed by atoms with Crippen molar-refractivity contribution in [3.8, 4) is 6.01 Å². The number of aromatic nitrogens is 3. The van der Waals surface area contributed by atoms with E-state index in [0.717, 1.165) is 40.3 Å². The number of hydrogen-bond acceptors (Lipinski definition) is 4.